The Kier molecular flexibility index (Phi) is 5.27. The number of rotatable bonds is 4. The van der Waals surface area contributed by atoms with Gasteiger partial charge in [0.05, 0.1) is 6.10 Å². The van der Waals surface area contributed by atoms with Crippen molar-refractivity contribution in [1.29, 1.82) is 0 Å². The number of carbonyl (C=O) groups is 2. The summed E-state index contributed by atoms with van der Waals surface area (Å²) in [6.45, 7) is 3.47. The first-order valence-electron chi connectivity index (χ1n) is 3.80. The van der Waals surface area contributed by atoms with Crippen LogP contribution < -0.4 is 0 Å². The van der Waals surface area contributed by atoms with Gasteiger partial charge in [0, 0.05) is 12.2 Å². The van der Waals surface area contributed by atoms with Crippen molar-refractivity contribution in [1.82, 2.24) is 0 Å². The molecule has 4 heteroatoms. The van der Waals surface area contributed by atoms with Crippen molar-refractivity contribution in [3.63, 3.8) is 0 Å². The van der Waals surface area contributed by atoms with Gasteiger partial charge in [-0.05, 0) is 13.8 Å². The molecule has 0 heterocycles. The Morgan fingerprint density at radius 3 is 2.23 bits per heavy atom. The zero-order valence-corrected chi connectivity index (χ0v) is 7.56. The van der Waals surface area contributed by atoms with Crippen LogP contribution in [0.3, 0.4) is 0 Å². The van der Waals surface area contributed by atoms with E-state index in [-0.39, 0.29) is 6.10 Å². The summed E-state index contributed by atoms with van der Waals surface area (Å²) in [5.74, 6) is -1.54. The first kappa shape index (κ1) is 11.4. The minimum Gasteiger partial charge on any atom is -0.478 e. The first-order chi connectivity index (χ1) is 6.02. The monoisotopic (exact) mass is 184 g/mol. The van der Waals surface area contributed by atoms with E-state index >= 15 is 0 Å². The van der Waals surface area contributed by atoms with Gasteiger partial charge in [0.25, 0.3) is 0 Å². The highest BCUT2D eigenvalue weighted by Crippen LogP contribution is 1.90. The molecule has 13 heavy (non-hydrogen) atoms. The second kappa shape index (κ2) is 5.99. The molecular formula is C9H12O4. The number of hydrogen-bond acceptors (Lipinski definition) is 3. The number of allylic oxidation sites excluding steroid dienone is 2. The molecule has 0 rings (SSSR count). The molecule has 0 fully saturated rings. The van der Waals surface area contributed by atoms with E-state index in [2.05, 4.69) is 0 Å². The van der Waals surface area contributed by atoms with Crippen molar-refractivity contribution >= 4 is 11.9 Å². The molecule has 0 aromatic heterocycles. The summed E-state index contributed by atoms with van der Waals surface area (Å²) in [6, 6.07) is 0. The molecule has 0 spiro atoms. The molecule has 0 aromatic carbocycles. The first-order valence-corrected chi connectivity index (χ1v) is 3.80. The third kappa shape index (κ3) is 8.33. The fraction of sp³-hybridized carbons (Fsp3) is 0.333. The summed E-state index contributed by atoms with van der Waals surface area (Å²) in [7, 11) is 0. The van der Waals surface area contributed by atoms with Gasteiger partial charge in [-0.15, -0.1) is 0 Å². The summed E-state index contributed by atoms with van der Waals surface area (Å²) in [5, 5.41) is 8.19. The van der Waals surface area contributed by atoms with Crippen LogP contribution in [0.15, 0.2) is 24.3 Å². The van der Waals surface area contributed by atoms with E-state index in [9.17, 15) is 9.59 Å². The van der Waals surface area contributed by atoms with Gasteiger partial charge >= 0.3 is 11.9 Å². The highest BCUT2D eigenvalue weighted by molar-refractivity contribution is 5.83. The Balaban J connectivity index is 3.85. The van der Waals surface area contributed by atoms with Gasteiger partial charge in [-0.2, -0.15) is 0 Å². The maximum Gasteiger partial charge on any atom is 0.330 e. The van der Waals surface area contributed by atoms with E-state index in [1.165, 1.54) is 18.2 Å². The molecule has 0 unspecified atom stereocenters. The van der Waals surface area contributed by atoms with E-state index in [0.717, 1.165) is 6.08 Å². The SMILES string of the molecule is CC(C)OC(=O)C=CC=CC(=O)O. The van der Waals surface area contributed by atoms with E-state index in [0.29, 0.717) is 0 Å². The standard InChI is InChI=1S/C9H12O4/c1-7(2)13-9(12)6-4-3-5-8(10)11/h3-7H,1-2H3,(H,10,11). The average Bonchev–Trinajstić information content (AvgIpc) is 1.96. The number of esters is 1. The number of hydrogen-bond donors (Lipinski definition) is 1. The normalized spacial score (nSPS) is 11.3. The highest BCUT2D eigenvalue weighted by Gasteiger charge is 1.98. The number of ether oxygens (including phenoxy) is 1. The Morgan fingerprint density at radius 2 is 1.77 bits per heavy atom. The van der Waals surface area contributed by atoms with Crippen molar-refractivity contribution in [2.45, 2.75) is 20.0 Å². The fourth-order valence-electron chi connectivity index (χ4n) is 0.544. The molecule has 0 aliphatic carbocycles. The molecule has 1 N–H and O–H groups in total. The number of carboxylic acids is 1. The van der Waals surface area contributed by atoms with E-state index in [1.807, 2.05) is 0 Å². The molecular weight excluding hydrogens is 172 g/mol. The molecule has 72 valence electrons. The van der Waals surface area contributed by atoms with Gasteiger partial charge in [0.15, 0.2) is 0 Å². The zero-order chi connectivity index (χ0) is 10.3. The third-order valence-corrected chi connectivity index (χ3v) is 0.934. The predicted octanol–water partition coefficient (Wildman–Crippen LogP) is 1.14. The van der Waals surface area contributed by atoms with Crippen LogP contribution in [0.25, 0.3) is 0 Å². The predicted molar refractivity (Wildman–Crippen MR) is 47.1 cm³/mol. The lowest BCUT2D eigenvalue weighted by Crippen LogP contribution is -2.08. The van der Waals surface area contributed by atoms with Crippen LogP contribution in [0.4, 0.5) is 0 Å². The van der Waals surface area contributed by atoms with Gasteiger partial charge in [-0.1, -0.05) is 12.2 Å². The molecule has 0 saturated heterocycles. The van der Waals surface area contributed by atoms with Crippen LogP contribution in [-0.4, -0.2) is 23.1 Å². The molecule has 0 radical (unpaired) electrons. The Morgan fingerprint density at radius 1 is 1.23 bits per heavy atom. The van der Waals surface area contributed by atoms with Crippen LogP contribution >= 0.6 is 0 Å². The van der Waals surface area contributed by atoms with E-state index in [4.69, 9.17) is 9.84 Å². The minimum absolute atomic E-state index is 0.166. The van der Waals surface area contributed by atoms with Crippen molar-refractivity contribution < 1.29 is 19.4 Å². The molecule has 0 aliphatic heterocycles. The van der Waals surface area contributed by atoms with E-state index in [1.54, 1.807) is 13.8 Å². The Labute approximate surface area is 76.5 Å². The summed E-state index contributed by atoms with van der Waals surface area (Å²) in [4.78, 5) is 20.8. The molecule has 0 saturated carbocycles. The van der Waals surface area contributed by atoms with Crippen LogP contribution in [0.5, 0.6) is 0 Å². The summed E-state index contributed by atoms with van der Waals surface area (Å²) in [6.07, 6.45) is 4.50. The average molecular weight is 184 g/mol. The number of aliphatic carboxylic acids is 1. The van der Waals surface area contributed by atoms with Crippen molar-refractivity contribution in [3.05, 3.63) is 24.3 Å². The van der Waals surface area contributed by atoms with Crippen LogP contribution in [0, 0.1) is 0 Å². The van der Waals surface area contributed by atoms with Crippen LogP contribution in [-0.2, 0) is 14.3 Å². The number of carboxylic acid groups (broad SMARTS) is 1. The number of carbonyl (C=O) groups excluding carboxylic acids is 1. The fourth-order valence-corrected chi connectivity index (χ4v) is 0.544. The molecule has 0 amide bonds. The molecule has 0 bridgehead atoms. The lowest BCUT2D eigenvalue weighted by molar-refractivity contribution is -0.141. The van der Waals surface area contributed by atoms with Gasteiger partial charge < -0.3 is 9.84 Å². The van der Waals surface area contributed by atoms with Gasteiger partial charge in [-0.25, -0.2) is 9.59 Å². The second-order valence-electron chi connectivity index (χ2n) is 2.54. The smallest absolute Gasteiger partial charge is 0.330 e. The maximum atomic E-state index is 10.8. The molecule has 0 aromatic rings. The minimum atomic E-state index is -1.05. The summed E-state index contributed by atoms with van der Waals surface area (Å²) < 4.78 is 4.75. The van der Waals surface area contributed by atoms with Crippen molar-refractivity contribution in [2.24, 2.45) is 0 Å². The molecule has 4 nitrogen and oxygen atoms in total. The topological polar surface area (TPSA) is 63.6 Å². The second-order valence-corrected chi connectivity index (χ2v) is 2.54. The zero-order valence-electron chi connectivity index (χ0n) is 7.56. The van der Waals surface area contributed by atoms with Crippen LogP contribution in [0.2, 0.25) is 0 Å². The third-order valence-electron chi connectivity index (χ3n) is 0.934. The molecule has 0 atom stereocenters. The lowest BCUT2D eigenvalue weighted by atomic mass is 10.4. The largest absolute Gasteiger partial charge is 0.478 e. The van der Waals surface area contributed by atoms with Gasteiger partial charge in [0.1, 0.15) is 0 Å². The Hall–Kier alpha value is -1.58. The van der Waals surface area contributed by atoms with Gasteiger partial charge in [0.2, 0.25) is 0 Å². The van der Waals surface area contributed by atoms with Crippen LogP contribution in [0.1, 0.15) is 13.8 Å². The lowest BCUT2D eigenvalue weighted by Gasteiger charge is -2.03. The summed E-state index contributed by atoms with van der Waals surface area (Å²) >= 11 is 0. The van der Waals surface area contributed by atoms with Crippen molar-refractivity contribution in [2.75, 3.05) is 0 Å². The highest BCUT2D eigenvalue weighted by atomic mass is 16.5. The quantitative estimate of drug-likeness (QED) is 0.404. The van der Waals surface area contributed by atoms with E-state index < -0.39 is 11.9 Å². The van der Waals surface area contributed by atoms with Gasteiger partial charge in [-0.3, -0.25) is 0 Å². The summed E-state index contributed by atoms with van der Waals surface area (Å²) in [5.41, 5.74) is 0. The molecule has 0 aliphatic rings. The van der Waals surface area contributed by atoms with Crippen molar-refractivity contribution in [3.8, 4) is 0 Å². The maximum absolute atomic E-state index is 10.8. The Bertz CT molecular complexity index is 238.